The Labute approximate surface area is 261 Å². The zero-order valence-electron chi connectivity index (χ0n) is 23.9. The van der Waals surface area contributed by atoms with Crippen molar-refractivity contribution in [3.63, 3.8) is 0 Å². The van der Waals surface area contributed by atoms with Gasteiger partial charge in [0.2, 0.25) is 0 Å². The average Bonchev–Trinajstić information content (AvgIpc) is 3.65. The van der Waals surface area contributed by atoms with Gasteiger partial charge in [-0.05, 0) is 97.1 Å². The topological polar surface area (TPSA) is 164 Å². The number of carbonyl (C=O) groups is 4. The third-order valence-electron chi connectivity index (χ3n) is 7.29. The number of fused-ring (bicyclic) bond motifs is 1. The normalized spacial score (nSPS) is 19.9. The largest absolute Gasteiger partial charge is 0.508 e. The minimum absolute atomic E-state index is 0.0234. The second-order valence-electron chi connectivity index (χ2n) is 10.4. The van der Waals surface area contributed by atoms with Crippen LogP contribution in [0.3, 0.4) is 0 Å². The summed E-state index contributed by atoms with van der Waals surface area (Å²) in [5, 5.41) is 18.7. The van der Waals surface area contributed by atoms with Gasteiger partial charge in [0, 0.05) is 0 Å². The quantitative estimate of drug-likeness (QED) is 0.213. The molecule has 0 amide bonds. The second-order valence-corrected chi connectivity index (χ2v) is 10.4. The second kappa shape index (κ2) is 13.1. The summed E-state index contributed by atoms with van der Waals surface area (Å²) in [6, 6.07) is 22.8. The summed E-state index contributed by atoms with van der Waals surface area (Å²) in [6.45, 7) is 0.0804. The average molecular weight is 627 g/mol. The number of phenolic OH excluding ortho intramolecular Hbond substituents is 2. The molecule has 0 saturated carbocycles. The van der Waals surface area contributed by atoms with Crippen LogP contribution in [0.1, 0.15) is 41.4 Å². The van der Waals surface area contributed by atoms with E-state index in [0.717, 1.165) is 0 Å². The predicted octanol–water partition coefficient (Wildman–Crippen LogP) is 4.08. The molecule has 234 valence electrons. The van der Waals surface area contributed by atoms with Crippen LogP contribution in [0.5, 0.6) is 23.0 Å². The maximum Gasteiger partial charge on any atom is 0.343 e. The molecule has 2 saturated heterocycles. The molecule has 46 heavy (non-hydrogen) atoms. The number of hydrogen-bond donors (Lipinski definition) is 2. The number of benzene rings is 4. The van der Waals surface area contributed by atoms with E-state index in [1.165, 1.54) is 97.1 Å². The molecule has 4 atom stereocenters. The molecular formula is C34H26O12. The summed E-state index contributed by atoms with van der Waals surface area (Å²) in [7, 11) is 0. The summed E-state index contributed by atoms with van der Waals surface area (Å²) in [6.07, 6.45) is -2.77. The van der Waals surface area contributed by atoms with E-state index in [1.54, 1.807) is 0 Å². The van der Waals surface area contributed by atoms with Crippen LogP contribution in [0.2, 0.25) is 0 Å². The fraction of sp³-hybridized carbons (Fsp3) is 0.176. The van der Waals surface area contributed by atoms with E-state index >= 15 is 0 Å². The van der Waals surface area contributed by atoms with Gasteiger partial charge >= 0.3 is 23.9 Å². The lowest BCUT2D eigenvalue weighted by molar-refractivity contribution is -0.0287. The lowest BCUT2D eigenvalue weighted by atomic mass is 10.1. The molecule has 2 N–H and O–H groups in total. The molecule has 4 aromatic rings. The fourth-order valence-corrected chi connectivity index (χ4v) is 4.89. The van der Waals surface area contributed by atoms with E-state index in [4.69, 9.17) is 28.4 Å². The molecule has 2 aliphatic rings. The van der Waals surface area contributed by atoms with E-state index < -0.39 is 48.3 Å². The molecule has 2 heterocycles. The lowest BCUT2D eigenvalue weighted by Gasteiger charge is -2.17. The molecule has 2 fully saturated rings. The molecule has 0 aliphatic carbocycles. The Hall–Kier alpha value is -5.72. The van der Waals surface area contributed by atoms with Gasteiger partial charge in [-0.3, -0.25) is 0 Å². The molecule has 0 spiro atoms. The van der Waals surface area contributed by atoms with Gasteiger partial charge in [0.15, 0.2) is 12.2 Å². The Bertz CT molecular complexity index is 1600. The van der Waals surface area contributed by atoms with Crippen molar-refractivity contribution >= 4 is 23.9 Å². The summed E-state index contributed by atoms with van der Waals surface area (Å²) in [5.41, 5.74) is 0.930. The van der Waals surface area contributed by atoms with Crippen molar-refractivity contribution < 1.29 is 57.8 Å². The van der Waals surface area contributed by atoms with E-state index in [9.17, 15) is 29.4 Å². The maximum atomic E-state index is 12.8. The summed E-state index contributed by atoms with van der Waals surface area (Å²) < 4.78 is 33.4. The molecule has 12 heteroatoms. The van der Waals surface area contributed by atoms with Gasteiger partial charge in [0.25, 0.3) is 0 Å². The fourth-order valence-electron chi connectivity index (χ4n) is 4.89. The number of ether oxygens (including phenoxy) is 6. The van der Waals surface area contributed by atoms with Gasteiger partial charge < -0.3 is 38.6 Å². The van der Waals surface area contributed by atoms with Crippen molar-refractivity contribution in [3.05, 3.63) is 119 Å². The zero-order chi connectivity index (χ0) is 32.2. The third-order valence-corrected chi connectivity index (χ3v) is 7.29. The monoisotopic (exact) mass is 626 g/mol. The lowest BCUT2D eigenvalue weighted by Crippen LogP contribution is -2.36. The van der Waals surface area contributed by atoms with E-state index in [0.29, 0.717) is 0 Å². The van der Waals surface area contributed by atoms with Gasteiger partial charge in [0.05, 0.1) is 35.5 Å². The highest BCUT2D eigenvalue weighted by molar-refractivity contribution is 5.93. The maximum absolute atomic E-state index is 12.8. The van der Waals surface area contributed by atoms with Crippen LogP contribution < -0.4 is 9.47 Å². The number of aromatic hydroxyl groups is 2. The van der Waals surface area contributed by atoms with Crippen LogP contribution >= 0.6 is 0 Å². The first kappa shape index (κ1) is 30.3. The van der Waals surface area contributed by atoms with Gasteiger partial charge in [0.1, 0.15) is 35.2 Å². The minimum atomic E-state index is -0.740. The van der Waals surface area contributed by atoms with Gasteiger partial charge in [-0.1, -0.05) is 0 Å². The highest BCUT2D eigenvalue weighted by Crippen LogP contribution is 2.32. The van der Waals surface area contributed by atoms with Crippen molar-refractivity contribution in [2.24, 2.45) is 0 Å². The SMILES string of the molecule is O=C(Oc1ccc(C(=O)O[C@@H]2CO[C@@H]3[C@H]2OC[C@H]3OC(=O)c2ccc(OC(=O)c3ccc(O)cc3)cc2)cc1)c1ccc(O)cc1. The first-order valence-electron chi connectivity index (χ1n) is 14.1. The van der Waals surface area contributed by atoms with E-state index in [1.807, 2.05) is 0 Å². The molecular weight excluding hydrogens is 600 g/mol. The van der Waals surface area contributed by atoms with Crippen LogP contribution in [0.25, 0.3) is 0 Å². The van der Waals surface area contributed by atoms with Crippen LogP contribution in [0.15, 0.2) is 97.1 Å². The standard InChI is InChI=1S/C34H26O12/c35-23-9-1-19(2-10-23)31(37)43-25-13-5-21(6-14-25)33(39)45-27-17-41-30-28(18-42-29(27)30)46-34(40)22-7-15-26(16-8-22)44-32(38)20-3-11-24(36)12-4-20/h1-16,27-30,35-36H,17-18H2/t27-,28-,29+,30+/m1/s1. The molecule has 2 aliphatic heterocycles. The number of rotatable bonds is 8. The van der Waals surface area contributed by atoms with E-state index in [2.05, 4.69) is 0 Å². The van der Waals surface area contributed by atoms with Gasteiger partial charge in [-0.25, -0.2) is 19.2 Å². The molecule has 0 aromatic heterocycles. The van der Waals surface area contributed by atoms with Crippen molar-refractivity contribution in [3.8, 4) is 23.0 Å². The summed E-state index contributed by atoms with van der Waals surface area (Å²) in [5.74, 6) is -2.04. The van der Waals surface area contributed by atoms with Gasteiger partial charge in [-0.15, -0.1) is 0 Å². The minimum Gasteiger partial charge on any atom is -0.508 e. The smallest absolute Gasteiger partial charge is 0.343 e. The van der Waals surface area contributed by atoms with Gasteiger partial charge in [-0.2, -0.15) is 0 Å². The Morgan fingerprint density at radius 1 is 0.478 bits per heavy atom. The number of carbonyl (C=O) groups excluding carboxylic acids is 4. The number of hydrogen-bond acceptors (Lipinski definition) is 12. The van der Waals surface area contributed by atoms with Crippen molar-refractivity contribution in [1.29, 1.82) is 0 Å². The Morgan fingerprint density at radius 2 is 0.783 bits per heavy atom. The van der Waals surface area contributed by atoms with E-state index in [-0.39, 0.29) is 58.5 Å². The van der Waals surface area contributed by atoms with Crippen LogP contribution in [0, 0.1) is 0 Å². The summed E-state index contributed by atoms with van der Waals surface area (Å²) in [4.78, 5) is 50.2. The van der Waals surface area contributed by atoms with Crippen molar-refractivity contribution in [2.75, 3.05) is 13.2 Å². The molecule has 6 rings (SSSR count). The first-order valence-corrected chi connectivity index (χ1v) is 14.1. The highest BCUT2D eigenvalue weighted by Gasteiger charge is 2.51. The van der Waals surface area contributed by atoms with Crippen LogP contribution in [-0.4, -0.2) is 71.7 Å². The first-order chi connectivity index (χ1) is 22.2. The zero-order valence-corrected chi connectivity index (χ0v) is 23.9. The summed E-state index contributed by atoms with van der Waals surface area (Å²) >= 11 is 0. The Morgan fingerprint density at radius 3 is 1.13 bits per heavy atom. The molecule has 4 aromatic carbocycles. The highest BCUT2D eigenvalue weighted by atomic mass is 16.7. The number of phenols is 2. The van der Waals surface area contributed by atoms with Crippen LogP contribution in [-0.2, 0) is 18.9 Å². The van der Waals surface area contributed by atoms with Crippen molar-refractivity contribution in [1.82, 2.24) is 0 Å². The molecule has 0 unspecified atom stereocenters. The Balaban J connectivity index is 0.985. The molecule has 0 bridgehead atoms. The molecule has 0 radical (unpaired) electrons. The number of esters is 4. The molecule has 12 nitrogen and oxygen atoms in total. The van der Waals surface area contributed by atoms with Crippen molar-refractivity contribution in [2.45, 2.75) is 24.4 Å². The predicted molar refractivity (Wildman–Crippen MR) is 157 cm³/mol. The van der Waals surface area contributed by atoms with Crippen LogP contribution in [0.4, 0.5) is 0 Å². The third kappa shape index (κ3) is 6.83. The Kier molecular flexibility index (Phi) is 8.63.